The van der Waals surface area contributed by atoms with Crippen LogP contribution in [0.25, 0.3) is 28.1 Å². The van der Waals surface area contributed by atoms with E-state index in [1.807, 2.05) is 24.4 Å². The molecule has 6 rings (SSSR count). The topological polar surface area (TPSA) is 58.3 Å². The third kappa shape index (κ3) is 5.18. The molecule has 38 heavy (non-hydrogen) atoms. The van der Waals surface area contributed by atoms with E-state index in [-0.39, 0.29) is 0 Å². The molecule has 0 unspecified atom stereocenters. The van der Waals surface area contributed by atoms with E-state index in [2.05, 4.69) is 94.3 Å². The van der Waals surface area contributed by atoms with Crippen LogP contribution in [0.2, 0.25) is 0 Å². The van der Waals surface area contributed by atoms with E-state index in [9.17, 15) is 0 Å². The fourth-order valence-electron chi connectivity index (χ4n) is 5.44. The van der Waals surface area contributed by atoms with Gasteiger partial charge in [0.25, 0.3) is 0 Å². The van der Waals surface area contributed by atoms with Gasteiger partial charge < -0.3 is 14.8 Å². The van der Waals surface area contributed by atoms with Crippen molar-refractivity contribution in [2.45, 2.75) is 32.7 Å². The van der Waals surface area contributed by atoms with Crippen LogP contribution in [0.15, 0.2) is 96.2 Å². The van der Waals surface area contributed by atoms with Crippen molar-refractivity contribution in [1.82, 2.24) is 19.4 Å². The fraction of sp³-hybridized carbons (Fsp3) is 0.281. The van der Waals surface area contributed by atoms with Gasteiger partial charge in [-0.15, -0.1) is 0 Å². The minimum atomic E-state index is 0.295. The third-order valence-electron chi connectivity index (χ3n) is 7.15. The number of likely N-dealkylation sites (tertiary alicyclic amines) is 1. The minimum Gasteiger partial charge on any atom is -0.352 e. The standard InChI is InChI=1S/C32H34N6/c1-23(2)22-37-17-14-24(15-18-37)34-29-20-32-30(19-28(29)35-25-9-8-16-33-21-25)36-27-12-6-7-13-31(27)38(32)26-10-4-3-5-11-26/h3-13,16,19-21,23-24,35H,14-15,17-18,22H2,1-2H3. The molecule has 2 aliphatic heterocycles. The number of nitrogens with zero attached hydrogens (tertiary/aromatic N) is 5. The molecule has 192 valence electrons. The van der Waals surface area contributed by atoms with Gasteiger partial charge in [0.2, 0.25) is 0 Å². The van der Waals surface area contributed by atoms with Gasteiger partial charge in [0.15, 0.2) is 0 Å². The predicted octanol–water partition coefficient (Wildman–Crippen LogP) is 6.29. The second kappa shape index (κ2) is 10.8. The lowest BCUT2D eigenvalue weighted by Gasteiger charge is -2.31. The third-order valence-corrected chi connectivity index (χ3v) is 7.15. The molecule has 6 nitrogen and oxygen atoms in total. The Balaban J connectivity index is 1.51. The number of piperidine rings is 1. The normalized spacial score (nSPS) is 15.5. The predicted molar refractivity (Wildman–Crippen MR) is 155 cm³/mol. The second-order valence-electron chi connectivity index (χ2n) is 10.6. The summed E-state index contributed by atoms with van der Waals surface area (Å²) in [5.74, 6) is 0.690. The molecule has 3 aromatic rings. The summed E-state index contributed by atoms with van der Waals surface area (Å²) in [6, 6.07) is 27.5. The van der Waals surface area contributed by atoms with Crippen LogP contribution in [0, 0.1) is 5.92 Å². The van der Waals surface area contributed by atoms with Crippen LogP contribution in [0.3, 0.4) is 0 Å². The van der Waals surface area contributed by atoms with Crippen LogP contribution in [-0.2, 0) is 0 Å². The highest BCUT2D eigenvalue weighted by molar-refractivity contribution is 5.84. The van der Waals surface area contributed by atoms with Crippen molar-refractivity contribution < 1.29 is 0 Å². The van der Waals surface area contributed by atoms with Gasteiger partial charge in [-0.25, -0.2) is 4.98 Å². The highest BCUT2D eigenvalue weighted by atomic mass is 15.1. The van der Waals surface area contributed by atoms with Crippen molar-refractivity contribution in [3.63, 3.8) is 0 Å². The van der Waals surface area contributed by atoms with Crippen molar-refractivity contribution in [2.24, 2.45) is 10.9 Å². The lowest BCUT2D eigenvalue weighted by Crippen LogP contribution is -2.38. The van der Waals surface area contributed by atoms with Gasteiger partial charge in [-0.1, -0.05) is 44.2 Å². The van der Waals surface area contributed by atoms with Gasteiger partial charge in [0.05, 0.1) is 51.4 Å². The lowest BCUT2D eigenvalue weighted by molar-refractivity contribution is 0.192. The van der Waals surface area contributed by atoms with Gasteiger partial charge in [0.1, 0.15) is 0 Å². The van der Waals surface area contributed by atoms with Gasteiger partial charge in [0, 0.05) is 31.5 Å². The number of pyridine rings is 1. The van der Waals surface area contributed by atoms with Crippen LogP contribution in [0.1, 0.15) is 26.7 Å². The number of para-hydroxylation sites is 3. The average Bonchev–Trinajstić information content (AvgIpc) is 2.94. The molecule has 0 spiro atoms. The van der Waals surface area contributed by atoms with E-state index >= 15 is 0 Å². The van der Waals surface area contributed by atoms with Gasteiger partial charge in [-0.2, -0.15) is 0 Å². The first-order valence-corrected chi connectivity index (χ1v) is 13.6. The average molecular weight is 503 g/mol. The maximum absolute atomic E-state index is 5.34. The SMILES string of the molecule is CC(C)CN1CCC(N=c2cc3n(-c4ccccc4)c4ccccc4nc-3cc2Nc2cccnc2)CC1. The van der Waals surface area contributed by atoms with E-state index in [1.54, 1.807) is 6.20 Å². The Morgan fingerprint density at radius 3 is 2.50 bits per heavy atom. The summed E-state index contributed by atoms with van der Waals surface area (Å²) in [5.41, 5.74) is 7.00. The largest absolute Gasteiger partial charge is 0.352 e. The molecule has 1 fully saturated rings. The van der Waals surface area contributed by atoms with Crippen molar-refractivity contribution in [3.8, 4) is 17.1 Å². The first kappa shape index (κ1) is 24.3. The summed E-state index contributed by atoms with van der Waals surface area (Å²) in [4.78, 5) is 17.3. The fourth-order valence-corrected chi connectivity index (χ4v) is 5.44. The van der Waals surface area contributed by atoms with E-state index < -0.39 is 0 Å². The molecule has 1 N–H and O–H groups in total. The molecular formula is C32H34N6. The molecule has 6 heteroatoms. The van der Waals surface area contributed by atoms with Gasteiger partial charge in [-0.05, 0) is 67.3 Å². The van der Waals surface area contributed by atoms with E-state index in [0.29, 0.717) is 12.0 Å². The Labute approximate surface area is 224 Å². The summed E-state index contributed by atoms with van der Waals surface area (Å²) in [6.07, 6.45) is 5.78. The number of benzene rings is 3. The Bertz CT molecular complexity index is 1550. The second-order valence-corrected chi connectivity index (χ2v) is 10.6. The van der Waals surface area contributed by atoms with Crippen molar-refractivity contribution in [3.05, 3.63) is 96.6 Å². The Kier molecular flexibility index (Phi) is 6.88. The monoisotopic (exact) mass is 502 g/mol. The molecule has 0 atom stereocenters. The number of aromatic nitrogens is 3. The maximum Gasteiger partial charge on any atom is 0.0900 e. The summed E-state index contributed by atoms with van der Waals surface area (Å²) >= 11 is 0. The number of hydrogen-bond donors (Lipinski definition) is 1. The van der Waals surface area contributed by atoms with Gasteiger partial charge >= 0.3 is 0 Å². The molecule has 1 aliphatic carbocycles. The molecule has 2 aromatic carbocycles. The van der Waals surface area contributed by atoms with Crippen molar-refractivity contribution in [2.75, 3.05) is 25.0 Å². The maximum atomic E-state index is 5.34. The molecule has 0 radical (unpaired) electrons. The summed E-state index contributed by atoms with van der Waals surface area (Å²) in [6.45, 7) is 7.94. The summed E-state index contributed by atoms with van der Waals surface area (Å²) in [7, 11) is 0. The number of anilines is 2. The highest BCUT2D eigenvalue weighted by Crippen LogP contribution is 2.30. The lowest BCUT2D eigenvalue weighted by atomic mass is 10.0. The molecule has 0 amide bonds. The first-order valence-electron chi connectivity index (χ1n) is 13.6. The zero-order valence-electron chi connectivity index (χ0n) is 22.1. The summed E-state index contributed by atoms with van der Waals surface area (Å²) in [5, 5.41) is 4.54. The van der Waals surface area contributed by atoms with Crippen LogP contribution in [0.5, 0.6) is 0 Å². The molecule has 3 aliphatic rings. The number of fused-ring (bicyclic) bond motifs is 2. The van der Waals surface area contributed by atoms with Crippen LogP contribution >= 0.6 is 0 Å². The molecule has 0 saturated carbocycles. The van der Waals surface area contributed by atoms with Crippen molar-refractivity contribution in [1.29, 1.82) is 0 Å². The molecule has 3 heterocycles. The first-order chi connectivity index (χ1) is 18.6. The minimum absolute atomic E-state index is 0.295. The zero-order valence-corrected chi connectivity index (χ0v) is 22.1. The zero-order chi connectivity index (χ0) is 25.9. The van der Waals surface area contributed by atoms with Crippen LogP contribution in [0.4, 0.5) is 11.4 Å². The molecule has 0 bridgehead atoms. The van der Waals surface area contributed by atoms with E-state index in [4.69, 9.17) is 9.98 Å². The van der Waals surface area contributed by atoms with Crippen molar-refractivity contribution >= 4 is 22.4 Å². The Morgan fingerprint density at radius 2 is 1.74 bits per heavy atom. The number of nitrogens with one attached hydrogen (secondary N) is 1. The number of rotatable bonds is 6. The summed E-state index contributed by atoms with van der Waals surface area (Å²) < 4.78 is 2.30. The smallest absolute Gasteiger partial charge is 0.0900 e. The van der Waals surface area contributed by atoms with E-state index in [1.165, 1.54) is 0 Å². The van der Waals surface area contributed by atoms with E-state index in [0.717, 1.165) is 77.3 Å². The number of hydrogen-bond acceptors (Lipinski definition) is 5. The quantitative estimate of drug-likeness (QED) is 0.277. The molecule has 1 saturated heterocycles. The van der Waals surface area contributed by atoms with Crippen LogP contribution < -0.4 is 10.7 Å². The Hall–Kier alpha value is -4.03. The highest BCUT2D eigenvalue weighted by Gasteiger charge is 2.21. The molecular weight excluding hydrogens is 468 g/mol. The molecule has 1 aromatic heterocycles. The van der Waals surface area contributed by atoms with Crippen LogP contribution in [-0.4, -0.2) is 45.1 Å². The Morgan fingerprint density at radius 1 is 0.947 bits per heavy atom. The van der Waals surface area contributed by atoms with Gasteiger partial charge in [-0.3, -0.25) is 9.98 Å².